The van der Waals surface area contributed by atoms with Crippen LogP contribution in [0.5, 0.6) is 0 Å². The van der Waals surface area contributed by atoms with Crippen LogP contribution in [-0.4, -0.2) is 60.4 Å². The Bertz CT molecular complexity index is 848. The second-order valence-corrected chi connectivity index (χ2v) is 12.7. The summed E-state index contributed by atoms with van der Waals surface area (Å²) in [5.74, 6) is 0.817. The molecule has 1 aromatic rings. The van der Waals surface area contributed by atoms with Crippen LogP contribution in [0.4, 0.5) is 17.8 Å². The van der Waals surface area contributed by atoms with Gasteiger partial charge in [0.2, 0.25) is 17.8 Å². The first-order valence-electron chi connectivity index (χ1n) is 16.2. The Morgan fingerprint density at radius 3 is 1.29 bits per heavy atom. The van der Waals surface area contributed by atoms with E-state index in [1.165, 1.54) is 116 Å². The normalized spacial score (nSPS) is 11.3. The fraction of sp³-hybridized carbons (Fsp3) is 0.900. The minimum absolute atomic E-state index is 0. The molecule has 0 amide bonds. The van der Waals surface area contributed by atoms with Crippen molar-refractivity contribution in [3.05, 3.63) is 0 Å². The maximum atomic E-state index is 11.1. The van der Waals surface area contributed by atoms with Crippen molar-refractivity contribution < 1.29 is 42.5 Å². The predicted molar refractivity (Wildman–Crippen MR) is 168 cm³/mol. The SMILES string of the molecule is CCCCCCCCCCCCCCNc1nc(NCCCCCCCCCC)nc(N(C)CCS(=O)(=O)[O-])n1.[Na+]. The quantitative estimate of drug-likeness (QED) is 0.0805. The molecule has 0 saturated heterocycles. The number of aromatic nitrogens is 3. The van der Waals surface area contributed by atoms with E-state index < -0.39 is 15.9 Å². The maximum absolute atomic E-state index is 11.1. The Morgan fingerprint density at radius 2 is 0.951 bits per heavy atom. The van der Waals surface area contributed by atoms with Gasteiger partial charge in [-0.25, -0.2) is 8.42 Å². The van der Waals surface area contributed by atoms with Crippen molar-refractivity contribution in [3.63, 3.8) is 0 Å². The first-order valence-corrected chi connectivity index (χ1v) is 17.8. The number of nitrogens with one attached hydrogen (secondary N) is 2. The van der Waals surface area contributed by atoms with Gasteiger partial charge >= 0.3 is 29.6 Å². The molecule has 0 aromatic carbocycles. The minimum atomic E-state index is -4.31. The summed E-state index contributed by atoms with van der Waals surface area (Å²) in [6.07, 6.45) is 25.7. The molecule has 234 valence electrons. The Hall–Kier alpha value is -0.680. The third kappa shape index (κ3) is 24.5. The van der Waals surface area contributed by atoms with Crippen molar-refractivity contribution in [2.75, 3.05) is 48.0 Å². The van der Waals surface area contributed by atoms with E-state index in [2.05, 4.69) is 39.4 Å². The van der Waals surface area contributed by atoms with E-state index in [9.17, 15) is 13.0 Å². The summed E-state index contributed by atoms with van der Waals surface area (Å²) in [5, 5.41) is 6.62. The average molecular weight is 607 g/mol. The molecule has 0 unspecified atom stereocenters. The van der Waals surface area contributed by atoms with Crippen LogP contribution in [0.1, 0.15) is 142 Å². The molecule has 0 fully saturated rings. The molecule has 2 N–H and O–H groups in total. The number of anilines is 3. The Morgan fingerprint density at radius 1 is 0.610 bits per heavy atom. The van der Waals surface area contributed by atoms with Crippen molar-refractivity contribution in [1.82, 2.24) is 15.0 Å². The second-order valence-electron chi connectivity index (χ2n) is 11.2. The first kappa shape index (κ1) is 40.3. The molecule has 0 atom stereocenters. The van der Waals surface area contributed by atoms with Crippen LogP contribution in [0, 0.1) is 0 Å². The number of unbranched alkanes of at least 4 members (excludes halogenated alkanes) is 18. The van der Waals surface area contributed by atoms with Gasteiger partial charge in [0, 0.05) is 26.7 Å². The van der Waals surface area contributed by atoms with Gasteiger partial charge in [-0.2, -0.15) is 15.0 Å². The molecule has 0 aliphatic rings. The van der Waals surface area contributed by atoms with Gasteiger partial charge in [0.25, 0.3) is 0 Å². The van der Waals surface area contributed by atoms with Crippen LogP contribution in [0.3, 0.4) is 0 Å². The molecule has 1 rings (SSSR count). The zero-order valence-electron chi connectivity index (χ0n) is 26.9. The zero-order valence-corrected chi connectivity index (χ0v) is 29.7. The number of rotatable bonds is 28. The summed E-state index contributed by atoms with van der Waals surface area (Å²) in [6, 6.07) is 0. The summed E-state index contributed by atoms with van der Waals surface area (Å²) in [7, 11) is -2.62. The molecule has 9 nitrogen and oxygen atoms in total. The molecular formula is C30H59N6NaO3S. The molecule has 0 aliphatic carbocycles. The largest absolute Gasteiger partial charge is 1.00 e. The molecule has 0 radical (unpaired) electrons. The van der Waals surface area contributed by atoms with Gasteiger partial charge in [-0.3, -0.25) is 0 Å². The Balaban J connectivity index is 0.0000160. The summed E-state index contributed by atoms with van der Waals surface area (Å²) >= 11 is 0. The van der Waals surface area contributed by atoms with Gasteiger partial charge < -0.3 is 20.1 Å². The third-order valence-electron chi connectivity index (χ3n) is 7.27. The summed E-state index contributed by atoms with van der Waals surface area (Å²) in [4.78, 5) is 15.1. The molecule has 1 aromatic heterocycles. The van der Waals surface area contributed by atoms with Crippen LogP contribution in [0.25, 0.3) is 0 Å². The van der Waals surface area contributed by atoms with E-state index in [4.69, 9.17) is 0 Å². The fourth-order valence-corrected chi connectivity index (χ4v) is 5.17. The molecule has 0 spiro atoms. The zero-order chi connectivity index (χ0) is 29.3. The standard InChI is InChI=1S/C30H60N6O3S.Na/c1-4-6-8-10-12-14-15-16-17-19-21-23-25-32-29-33-28(31-24-22-20-18-13-11-9-7-5-2)34-30(35-29)36(3)26-27-40(37,38)39;/h4-27H2,1-3H3,(H,37,38,39)(H2,31,32,33,34,35);/q;+1/p-1. The van der Waals surface area contributed by atoms with Gasteiger partial charge in [-0.15, -0.1) is 0 Å². The van der Waals surface area contributed by atoms with Gasteiger partial charge in [-0.05, 0) is 12.8 Å². The Kier molecular flexibility index (Phi) is 26.5. The van der Waals surface area contributed by atoms with E-state index >= 15 is 0 Å². The van der Waals surface area contributed by atoms with Gasteiger partial charge in [0.15, 0.2) is 0 Å². The van der Waals surface area contributed by atoms with Crippen LogP contribution >= 0.6 is 0 Å². The van der Waals surface area contributed by atoms with Crippen LogP contribution in [0.15, 0.2) is 0 Å². The Labute approximate surface area is 274 Å². The smallest absolute Gasteiger partial charge is 0.748 e. The van der Waals surface area contributed by atoms with Gasteiger partial charge in [-0.1, -0.05) is 129 Å². The van der Waals surface area contributed by atoms with Crippen molar-refractivity contribution in [3.8, 4) is 0 Å². The van der Waals surface area contributed by atoms with E-state index in [-0.39, 0.29) is 36.1 Å². The molecule has 11 heteroatoms. The van der Waals surface area contributed by atoms with Crippen molar-refractivity contribution in [2.24, 2.45) is 0 Å². The van der Waals surface area contributed by atoms with Crippen molar-refractivity contribution in [1.29, 1.82) is 0 Å². The van der Waals surface area contributed by atoms with Gasteiger partial charge in [0.05, 0.1) is 15.9 Å². The maximum Gasteiger partial charge on any atom is 1.00 e. The molecule has 41 heavy (non-hydrogen) atoms. The van der Waals surface area contributed by atoms with Crippen LogP contribution in [-0.2, 0) is 10.1 Å². The van der Waals surface area contributed by atoms with Crippen LogP contribution in [0.2, 0.25) is 0 Å². The third-order valence-corrected chi connectivity index (χ3v) is 7.95. The van der Waals surface area contributed by atoms with Crippen LogP contribution < -0.4 is 45.1 Å². The van der Waals surface area contributed by atoms with E-state index in [0.717, 1.165) is 25.9 Å². The second kappa shape index (κ2) is 26.9. The first-order chi connectivity index (χ1) is 19.4. The van der Waals surface area contributed by atoms with Crippen molar-refractivity contribution >= 4 is 28.0 Å². The topological polar surface area (TPSA) is 123 Å². The number of hydrogen-bond acceptors (Lipinski definition) is 9. The van der Waals surface area contributed by atoms with Crippen molar-refractivity contribution in [2.45, 2.75) is 142 Å². The molecular weight excluding hydrogens is 547 g/mol. The molecule has 1 heterocycles. The number of hydrogen-bond donors (Lipinski definition) is 2. The fourth-order valence-electron chi connectivity index (χ4n) is 4.67. The summed E-state index contributed by atoms with van der Waals surface area (Å²) in [6.45, 7) is 6.08. The summed E-state index contributed by atoms with van der Waals surface area (Å²) < 4.78 is 33.3. The van der Waals surface area contributed by atoms with E-state index in [1.54, 1.807) is 11.9 Å². The number of nitrogens with zero attached hydrogens (tertiary/aromatic N) is 4. The minimum Gasteiger partial charge on any atom is -0.748 e. The molecule has 0 aliphatic heterocycles. The van der Waals surface area contributed by atoms with E-state index in [0.29, 0.717) is 17.8 Å². The molecule has 0 saturated carbocycles. The van der Waals surface area contributed by atoms with Gasteiger partial charge in [0.1, 0.15) is 0 Å². The predicted octanol–water partition coefficient (Wildman–Crippen LogP) is 4.52. The monoisotopic (exact) mass is 606 g/mol. The van der Waals surface area contributed by atoms with E-state index in [1.807, 2.05) is 0 Å². The average Bonchev–Trinajstić information content (AvgIpc) is 2.93. The molecule has 0 bridgehead atoms. The summed E-state index contributed by atoms with van der Waals surface area (Å²) in [5.41, 5.74) is 0.